The van der Waals surface area contributed by atoms with E-state index in [-0.39, 0.29) is 24.0 Å². The molecule has 1 N–H and O–H groups in total. The van der Waals surface area contributed by atoms with Gasteiger partial charge in [0.1, 0.15) is 11.6 Å². The summed E-state index contributed by atoms with van der Waals surface area (Å²) in [7, 11) is 0. The first-order valence-electron chi connectivity index (χ1n) is 7.81. The van der Waals surface area contributed by atoms with Crippen LogP contribution in [0.25, 0.3) is 0 Å². The second-order valence-electron chi connectivity index (χ2n) is 6.46. The lowest BCUT2D eigenvalue weighted by Crippen LogP contribution is -2.71. The van der Waals surface area contributed by atoms with Gasteiger partial charge in [-0.2, -0.15) is 0 Å². The number of ether oxygens (including phenoxy) is 1. The van der Waals surface area contributed by atoms with Gasteiger partial charge in [0.15, 0.2) is 0 Å². The summed E-state index contributed by atoms with van der Waals surface area (Å²) in [6.07, 6.45) is 5.68. The molecular formula is C15H24N2O3. The third-order valence-corrected chi connectivity index (χ3v) is 5.20. The molecule has 1 spiro atoms. The van der Waals surface area contributed by atoms with Gasteiger partial charge in [-0.3, -0.25) is 9.59 Å². The number of hydrogen-bond acceptors (Lipinski definition) is 3. The number of rotatable bonds is 2. The zero-order valence-electron chi connectivity index (χ0n) is 12.4. The molecule has 2 saturated heterocycles. The maximum absolute atomic E-state index is 13.0. The average Bonchev–Trinajstić information content (AvgIpc) is 3.09. The molecule has 3 rings (SSSR count). The van der Waals surface area contributed by atoms with Crippen molar-refractivity contribution in [2.75, 3.05) is 6.61 Å². The first-order valence-corrected chi connectivity index (χ1v) is 7.81. The third kappa shape index (κ3) is 2.03. The van der Waals surface area contributed by atoms with Crippen LogP contribution in [0.1, 0.15) is 52.4 Å². The van der Waals surface area contributed by atoms with Crippen molar-refractivity contribution in [3.8, 4) is 0 Å². The van der Waals surface area contributed by atoms with E-state index in [1.165, 1.54) is 0 Å². The van der Waals surface area contributed by atoms with Gasteiger partial charge in [-0.25, -0.2) is 0 Å². The number of nitrogens with zero attached hydrogens (tertiary/aromatic N) is 1. The number of carbonyl (C=O) groups excluding carboxylic acids is 2. The Morgan fingerprint density at radius 2 is 2.00 bits per heavy atom. The molecule has 0 aromatic heterocycles. The van der Waals surface area contributed by atoms with Crippen LogP contribution in [-0.2, 0) is 14.3 Å². The van der Waals surface area contributed by atoms with Crippen LogP contribution in [0.15, 0.2) is 0 Å². The highest BCUT2D eigenvalue weighted by Gasteiger charge is 2.52. The Kier molecular flexibility index (Phi) is 3.48. The molecule has 5 heteroatoms. The van der Waals surface area contributed by atoms with Crippen molar-refractivity contribution in [2.45, 2.75) is 76.1 Å². The number of piperazine rings is 1. The lowest BCUT2D eigenvalue weighted by atomic mass is 9.89. The van der Waals surface area contributed by atoms with Gasteiger partial charge in [0.05, 0.1) is 12.1 Å². The number of amides is 2. The largest absolute Gasteiger partial charge is 0.376 e. The summed E-state index contributed by atoms with van der Waals surface area (Å²) in [6.45, 7) is 4.61. The predicted molar refractivity (Wildman–Crippen MR) is 74.1 cm³/mol. The molecule has 0 radical (unpaired) electrons. The molecule has 3 aliphatic rings. The first-order chi connectivity index (χ1) is 9.55. The van der Waals surface area contributed by atoms with Crippen molar-refractivity contribution in [3.63, 3.8) is 0 Å². The van der Waals surface area contributed by atoms with E-state index in [1.807, 2.05) is 13.8 Å². The fraction of sp³-hybridized carbons (Fsp3) is 0.867. The van der Waals surface area contributed by atoms with E-state index in [0.717, 1.165) is 45.1 Å². The molecule has 2 aliphatic heterocycles. The summed E-state index contributed by atoms with van der Waals surface area (Å²) in [5.74, 6) is 0.0847. The first kappa shape index (κ1) is 13.9. The third-order valence-electron chi connectivity index (χ3n) is 5.20. The second kappa shape index (κ2) is 5.02. The van der Waals surface area contributed by atoms with Gasteiger partial charge in [0.2, 0.25) is 11.8 Å². The van der Waals surface area contributed by atoms with Gasteiger partial charge in [-0.15, -0.1) is 0 Å². The number of hydrogen-bond donors (Lipinski definition) is 1. The molecule has 2 heterocycles. The predicted octanol–water partition coefficient (Wildman–Crippen LogP) is 1.21. The molecule has 3 atom stereocenters. The molecule has 1 saturated carbocycles. The molecule has 20 heavy (non-hydrogen) atoms. The molecule has 0 bridgehead atoms. The molecule has 0 aromatic carbocycles. The van der Waals surface area contributed by atoms with Gasteiger partial charge in [0.25, 0.3) is 0 Å². The molecule has 3 fully saturated rings. The molecule has 3 unspecified atom stereocenters. The highest BCUT2D eigenvalue weighted by Crippen LogP contribution is 2.36. The average molecular weight is 280 g/mol. The maximum atomic E-state index is 13.0. The monoisotopic (exact) mass is 280 g/mol. The van der Waals surface area contributed by atoms with Crippen molar-refractivity contribution < 1.29 is 14.3 Å². The van der Waals surface area contributed by atoms with Crippen molar-refractivity contribution >= 4 is 11.8 Å². The molecule has 1 aliphatic carbocycles. The normalized spacial score (nSPS) is 34.6. The second-order valence-corrected chi connectivity index (χ2v) is 6.46. The molecule has 2 amide bonds. The summed E-state index contributed by atoms with van der Waals surface area (Å²) < 4.78 is 5.73. The van der Waals surface area contributed by atoms with E-state index in [0.29, 0.717) is 0 Å². The molecule has 5 nitrogen and oxygen atoms in total. The van der Waals surface area contributed by atoms with Crippen LogP contribution >= 0.6 is 0 Å². The van der Waals surface area contributed by atoms with Gasteiger partial charge in [-0.1, -0.05) is 12.8 Å². The quantitative estimate of drug-likeness (QED) is 0.827. The summed E-state index contributed by atoms with van der Waals surface area (Å²) in [6, 6.07) is -0.420. The van der Waals surface area contributed by atoms with Crippen LogP contribution in [0, 0.1) is 0 Å². The minimum absolute atomic E-state index is 0.0173. The van der Waals surface area contributed by atoms with E-state index in [2.05, 4.69) is 5.32 Å². The minimum atomic E-state index is -0.629. The van der Waals surface area contributed by atoms with Gasteiger partial charge < -0.3 is 15.0 Å². The van der Waals surface area contributed by atoms with Crippen LogP contribution in [0.4, 0.5) is 0 Å². The van der Waals surface area contributed by atoms with Crippen molar-refractivity contribution in [2.24, 2.45) is 0 Å². The lowest BCUT2D eigenvalue weighted by Gasteiger charge is -2.47. The Labute approximate surface area is 120 Å². The van der Waals surface area contributed by atoms with E-state index >= 15 is 0 Å². The Hall–Kier alpha value is -1.10. The molecule has 112 valence electrons. The fourth-order valence-corrected chi connectivity index (χ4v) is 3.96. The van der Waals surface area contributed by atoms with Gasteiger partial charge in [0, 0.05) is 6.61 Å². The van der Waals surface area contributed by atoms with E-state index in [9.17, 15) is 9.59 Å². The smallest absolute Gasteiger partial charge is 0.249 e. The SMILES string of the molecule is CC1C(=O)NC2(CCCC2)C(=O)N1C(C)C1CCCO1. The van der Waals surface area contributed by atoms with Crippen LogP contribution in [0.5, 0.6) is 0 Å². The van der Waals surface area contributed by atoms with Gasteiger partial charge >= 0.3 is 0 Å². The van der Waals surface area contributed by atoms with Crippen LogP contribution in [-0.4, -0.2) is 47.0 Å². The zero-order chi connectivity index (χ0) is 14.3. The van der Waals surface area contributed by atoms with E-state index < -0.39 is 11.6 Å². The van der Waals surface area contributed by atoms with Crippen molar-refractivity contribution in [1.29, 1.82) is 0 Å². The summed E-state index contributed by atoms with van der Waals surface area (Å²) in [4.78, 5) is 27.0. The lowest BCUT2D eigenvalue weighted by molar-refractivity contribution is -0.159. The fourth-order valence-electron chi connectivity index (χ4n) is 3.96. The number of carbonyl (C=O) groups is 2. The Morgan fingerprint density at radius 1 is 1.30 bits per heavy atom. The topological polar surface area (TPSA) is 58.6 Å². The Balaban J connectivity index is 1.86. The standard InChI is InChI=1S/C15H24N2O3/c1-10(12-6-5-9-20-12)17-11(2)13(18)16-15(14(17)19)7-3-4-8-15/h10-12H,3-9H2,1-2H3,(H,16,18). The van der Waals surface area contributed by atoms with Crippen LogP contribution < -0.4 is 5.32 Å². The maximum Gasteiger partial charge on any atom is 0.249 e. The van der Waals surface area contributed by atoms with Crippen LogP contribution in [0.3, 0.4) is 0 Å². The summed E-state index contributed by atoms with van der Waals surface area (Å²) in [5.41, 5.74) is -0.629. The minimum Gasteiger partial charge on any atom is -0.376 e. The van der Waals surface area contributed by atoms with Crippen molar-refractivity contribution in [3.05, 3.63) is 0 Å². The van der Waals surface area contributed by atoms with Crippen molar-refractivity contribution in [1.82, 2.24) is 10.2 Å². The zero-order valence-corrected chi connectivity index (χ0v) is 12.4. The Morgan fingerprint density at radius 3 is 2.60 bits per heavy atom. The highest BCUT2D eigenvalue weighted by atomic mass is 16.5. The van der Waals surface area contributed by atoms with Crippen LogP contribution in [0.2, 0.25) is 0 Å². The Bertz CT molecular complexity index is 411. The summed E-state index contributed by atoms with van der Waals surface area (Å²) in [5, 5.41) is 3.00. The van der Waals surface area contributed by atoms with E-state index in [1.54, 1.807) is 4.90 Å². The highest BCUT2D eigenvalue weighted by molar-refractivity contribution is 6.00. The molecular weight excluding hydrogens is 256 g/mol. The molecule has 0 aromatic rings. The van der Waals surface area contributed by atoms with Gasteiger partial charge in [-0.05, 0) is 39.5 Å². The summed E-state index contributed by atoms with van der Waals surface area (Å²) >= 11 is 0. The van der Waals surface area contributed by atoms with E-state index in [4.69, 9.17) is 4.74 Å². The number of nitrogens with one attached hydrogen (secondary N) is 1.